The third kappa shape index (κ3) is 7.14. The van der Waals surface area contributed by atoms with E-state index in [1.165, 1.54) is 0 Å². The van der Waals surface area contributed by atoms with Gasteiger partial charge in [0.2, 0.25) is 5.91 Å². The summed E-state index contributed by atoms with van der Waals surface area (Å²) < 4.78 is 0. The fourth-order valence-electron chi connectivity index (χ4n) is 1.41. The van der Waals surface area contributed by atoms with Gasteiger partial charge in [0, 0.05) is 26.1 Å². The summed E-state index contributed by atoms with van der Waals surface area (Å²) in [6.07, 6.45) is 4.47. The minimum atomic E-state index is 0.255. The second kappa shape index (κ2) is 9.71. The summed E-state index contributed by atoms with van der Waals surface area (Å²) >= 11 is 0. The molecule has 0 aliphatic rings. The predicted octanol–water partition coefficient (Wildman–Crippen LogP) is 1.80. The number of rotatable bonds is 9. The molecule has 0 aliphatic carbocycles. The first-order valence-corrected chi connectivity index (χ1v) is 5.85. The zero-order chi connectivity index (χ0) is 11.5. The molecule has 3 heteroatoms. The fraction of sp³-hybridized carbons (Fsp3) is 0.750. The quantitative estimate of drug-likeness (QED) is 0.467. The van der Waals surface area contributed by atoms with E-state index in [-0.39, 0.29) is 5.91 Å². The lowest BCUT2D eigenvalue weighted by atomic mass is 10.3. The van der Waals surface area contributed by atoms with Crippen molar-refractivity contribution >= 4 is 5.91 Å². The average molecular weight is 212 g/mol. The highest BCUT2D eigenvalue weighted by Gasteiger charge is 2.08. The van der Waals surface area contributed by atoms with Gasteiger partial charge in [0.1, 0.15) is 0 Å². The molecule has 88 valence electrons. The molecule has 0 saturated carbocycles. The summed E-state index contributed by atoms with van der Waals surface area (Å²) in [7, 11) is 0. The normalized spacial score (nSPS) is 10.0. The first kappa shape index (κ1) is 14.2. The molecule has 0 radical (unpaired) electrons. The zero-order valence-electron chi connectivity index (χ0n) is 10.1. The van der Waals surface area contributed by atoms with Gasteiger partial charge in [-0.05, 0) is 26.3 Å². The van der Waals surface area contributed by atoms with Crippen LogP contribution in [0.2, 0.25) is 0 Å². The molecule has 1 amide bonds. The summed E-state index contributed by atoms with van der Waals surface area (Å²) in [5.74, 6) is 0.255. The third-order valence-corrected chi connectivity index (χ3v) is 2.27. The minimum Gasteiger partial charge on any atom is -0.343 e. The maximum absolute atomic E-state index is 11.7. The Hall–Kier alpha value is -0.830. The molecule has 0 aromatic carbocycles. The molecule has 1 N–H and O–H groups in total. The second-order valence-corrected chi connectivity index (χ2v) is 3.55. The Balaban J connectivity index is 3.57. The van der Waals surface area contributed by atoms with E-state index in [4.69, 9.17) is 0 Å². The van der Waals surface area contributed by atoms with Crippen LogP contribution in [0.1, 0.15) is 33.1 Å². The van der Waals surface area contributed by atoms with Gasteiger partial charge in [-0.2, -0.15) is 0 Å². The van der Waals surface area contributed by atoms with Crippen molar-refractivity contribution in [1.29, 1.82) is 0 Å². The molecule has 0 atom stereocenters. The molecule has 0 heterocycles. The maximum atomic E-state index is 11.7. The van der Waals surface area contributed by atoms with Gasteiger partial charge in [-0.15, -0.1) is 6.58 Å². The van der Waals surface area contributed by atoms with E-state index in [2.05, 4.69) is 18.8 Å². The van der Waals surface area contributed by atoms with E-state index in [0.29, 0.717) is 6.42 Å². The number of hydrogen-bond donors (Lipinski definition) is 1. The first-order chi connectivity index (χ1) is 7.26. The van der Waals surface area contributed by atoms with Crippen LogP contribution in [0.25, 0.3) is 0 Å². The Morgan fingerprint density at radius 2 is 2.13 bits per heavy atom. The molecular formula is C12H24N2O. The molecule has 3 nitrogen and oxygen atoms in total. The van der Waals surface area contributed by atoms with Crippen LogP contribution in [0.4, 0.5) is 0 Å². The lowest BCUT2D eigenvalue weighted by Crippen LogP contribution is -2.33. The summed E-state index contributed by atoms with van der Waals surface area (Å²) in [5.41, 5.74) is 0. The summed E-state index contributed by atoms with van der Waals surface area (Å²) in [6.45, 7) is 11.1. The van der Waals surface area contributed by atoms with Crippen LogP contribution < -0.4 is 5.32 Å². The van der Waals surface area contributed by atoms with Crippen LogP contribution in [-0.2, 0) is 4.79 Å². The highest BCUT2D eigenvalue weighted by Crippen LogP contribution is 1.95. The van der Waals surface area contributed by atoms with Crippen LogP contribution in [-0.4, -0.2) is 37.0 Å². The van der Waals surface area contributed by atoms with Crippen LogP contribution >= 0.6 is 0 Å². The molecule has 0 aromatic heterocycles. The van der Waals surface area contributed by atoms with E-state index in [1.807, 2.05) is 17.9 Å². The third-order valence-electron chi connectivity index (χ3n) is 2.27. The standard InChI is InChI=1S/C12H24N2O/c1-4-7-9-13-10-8-12(15)14(6-3)11-5-2/h4,13H,1,5-11H2,2-3H3. The number of carbonyl (C=O) groups is 1. The molecule has 15 heavy (non-hydrogen) atoms. The second-order valence-electron chi connectivity index (χ2n) is 3.55. The number of carbonyl (C=O) groups excluding carboxylic acids is 1. The highest BCUT2D eigenvalue weighted by atomic mass is 16.2. The van der Waals surface area contributed by atoms with Gasteiger partial charge in [-0.3, -0.25) is 4.79 Å². The van der Waals surface area contributed by atoms with Crippen molar-refractivity contribution in [1.82, 2.24) is 10.2 Å². The molecule has 0 unspecified atom stereocenters. The Morgan fingerprint density at radius 3 is 2.67 bits per heavy atom. The number of nitrogens with one attached hydrogen (secondary N) is 1. The van der Waals surface area contributed by atoms with Crippen molar-refractivity contribution in [3.63, 3.8) is 0 Å². The summed E-state index contributed by atoms with van der Waals surface area (Å²) in [5, 5.41) is 3.22. The zero-order valence-corrected chi connectivity index (χ0v) is 10.1. The van der Waals surface area contributed by atoms with Gasteiger partial charge in [-0.1, -0.05) is 13.0 Å². The van der Waals surface area contributed by atoms with Crippen LogP contribution in [0.5, 0.6) is 0 Å². The van der Waals surface area contributed by atoms with Crippen LogP contribution in [0.15, 0.2) is 12.7 Å². The molecule has 0 fully saturated rings. The largest absolute Gasteiger partial charge is 0.343 e. The van der Waals surface area contributed by atoms with Crippen molar-refractivity contribution in [2.75, 3.05) is 26.2 Å². The maximum Gasteiger partial charge on any atom is 0.223 e. The lowest BCUT2D eigenvalue weighted by Gasteiger charge is -2.20. The Bertz CT molecular complexity index is 180. The van der Waals surface area contributed by atoms with Crippen LogP contribution in [0.3, 0.4) is 0 Å². The van der Waals surface area contributed by atoms with Crippen molar-refractivity contribution in [2.24, 2.45) is 0 Å². The molecule has 0 aromatic rings. The molecule has 0 aliphatic heterocycles. The highest BCUT2D eigenvalue weighted by molar-refractivity contribution is 5.76. The molecule has 0 spiro atoms. The van der Waals surface area contributed by atoms with Gasteiger partial charge in [0.25, 0.3) is 0 Å². The Morgan fingerprint density at radius 1 is 1.40 bits per heavy atom. The average Bonchev–Trinajstić information content (AvgIpc) is 2.25. The van der Waals surface area contributed by atoms with E-state index < -0.39 is 0 Å². The fourth-order valence-corrected chi connectivity index (χ4v) is 1.41. The molecule has 0 rings (SSSR count). The summed E-state index contributed by atoms with van der Waals surface area (Å²) in [4.78, 5) is 13.6. The number of nitrogens with zero attached hydrogens (tertiary/aromatic N) is 1. The van der Waals surface area contributed by atoms with Crippen molar-refractivity contribution in [3.05, 3.63) is 12.7 Å². The topological polar surface area (TPSA) is 32.3 Å². The number of amides is 1. The number of hydrogen-bond acceptors (Lipinski definition) is 2. The first-order valence-electron chi connectivity index (χ1n) is 5.85. The van der Waals surface area contributed by atoms with Crippen molar-refractivity contribution in [3.8, 4) is 0 Å². The van der Waals surface area contributed by atoms with Gasteiger partial charge < -0.3 is 10.2 Å². The SMILES string of the molecule is C=CCCNCCC(=O)N(CC)CCC. The smallest absolute Gasteiger partial charge is 0.223 e. The van der Waals surface area contributed by atoms with Gasteiger partial charge >= 0.3 is 0 Å². The van der Waals surface area contributed by atoms with Gasteiger partial charge in [-0.25, -0.2) is 0 Å². The van der Waals surface area contributed by atoms with E-state index in [0.717, 1.165) is 39.0 Å². The van der Waals surface area contributed by atoms with Crippen molar-refractivity contribution in [2.45, 2.75) is 33.1 Å². The summed E-state index contributed by atoms with van der Waals surface area (Å²) in [6, 6.07) is 0. The monoisotopic (exact) mass is 212 g/mol. The van der Waals surface area contributed by atoms with Crippen LogP contribution in [0, 0.1) is 0 Å². The van der Waals surface area contributed by atoms with E-state index in [9.17, 15) is 4.79 Å². The van der Waals surface area contributed by atoms with Crippen molar-refractivity contribution < 1.29 is 4.79 Å². The Kier molecular flexibility index (Phi) is 9.18. The molecular weight excluding hydrogens is 188 g/mol. The van der Waals surface area contributed by atoms with Gasteiger partial charge in [0.15, 0.2) is 0 Å². The Labute approximate surface area is 93.5 Å². The minimum absolute atomic E-state index is 0.255. The molecule has 0 saturated heterocycles. The predicted molar refractivity (Wildman–Crippen MR) is 64.8 cm³/mol. The van der Waals surface area contributed by atoms with E-state index >= 15 is 0 Å². The molecule has 0 bridgehead atoms. The van der Waals surface area contributed by atoms with E-state index in [1.54, 1.807) is 0 Å². The lowest BCUT2D eigenvalue weighted by molar-refractivity contribution is -0.130. The van der Waals surface area contributed by atoms with Gasteiger partial charge in [0.05, 0.1) is 0 Å².